The van der Waals surface area contributed by atoms with Gasteiger partial charge in [-0.25, -0.2) is 8.78 Å². The standard InChI is InChI=1S/C26H26F2N4O/c1-14-12-30-23-16(14)5-4-6-17(23)20-18(27)11-19-21(22(20)28)24(25(33)26(2,3)32-19)31-13-15-7-9-29-10-8-15/h4-12,24-25,30-33H,13H2,1-3H3. The fourth-order valence-corrected chi connectivity index (χ4v) is 4.73. The smallest absolute Gasteiger partial charge is 0.140 e. The maximum absolute atomic E-state index is 16.2. The molecule has 0 fully saturated rings. The quantitative estimate of drug-likeness (QED) is 0.346. The number of aromatic amines is 1. The van der Waals surface area contributed by atoms with Crippen LogP contribution >= 0.6 is 0 Å². The van der Waals surface area contributed by atoms with Gasteiger partial charge in [0.2, 0.25) is 0 Å². The van der Waals surface area contributed by atoms with E-state index in [9.17, 15) is 5.11 Å². The number of nitrogens with zero attached hydrogens (tertiary/aromatic N) is 1. The normalized spacial score (nSPS) is 19.3. The number of anilines is 1. The van der Waals surface area contributed by atoms with Gasteiger partial charge in [-0.3, -0.25) is 4.98 Å². The number of hydrogen-bond donors (Lipinski definition) is 4. The van der Waals surface area contributed by atoms with Crippen molar-refractivity contribution in [2.75, 3.05) is 5.32 Å². The Kier molecular flexibility index (Phi) is 5.18. The van der Waals surface area contributed by atoms with Crippen molar-refractivity contribution in [2.24, 2.45) is 0 Å². The number of aliphatic hydroxyl groups excluding tert-OH is 1. The van der Waals surface area contributed by atoms with E-state index in [1.54, 1.807) is 24.5 Å². The Balaban J connectivity index is 1.66. The van der Waals surface area contributed by atoms with Crippen LogP contribution in [0.4, 0.5) is 14.5 Å². The lowest BCUT2D eigenvalue weighted by atomic mass is 9.80. The molecule has 2 unspecified atom stereocenters. The zero-order valence-corrected chi connectivity index (χ0v) is 18.7. The van der Waals surface area contributed by atoms with Crippen molar-refractivity contribution in [1.29, 1.82) is 0 Å². The maximum Gasteiger partial charge on any atom is 0.140 e. The van der Waals surface area contributed by atoms with Crippen molar-refractivity contribution in [2.45, 2.75) is 45.0 Å². The fraction of sp³-hybridized carbons (Fsp3) is 0.269. The average Bonchev–Trinajstić information content (AvgIpc) is 3.16. The van der Waals surface area contributed by atoms with Crippen molar-refractivity contribution >= 4 is 16.6 Å². The number of nitrogens with one attached hydrogen (secondary N) is 3. The Morgan fingerprint density at radius 3 is 2.67 bits per heavy atom. The first-order valence-corrected chi connectivity index (χ1v) is 11.0. The Labute approximate surface area is 190 Å². The van der Waals surface area contributed by atoms with Gasteiger partial charge in [0.25, 0.3) is 0 Å². The molecule has 1 aliphatic heterocycles. The van der Waals surface area contributed by atoms with Gasteiger partial charge in [-0.05, 0) is 50.1 Å². The SMILES string of the molecule is Cc1c[nH]c2c(-c3c(F)cc4c(c3F)C(NCc3ccncc3)C(O)C(C)(C)N4)cccc12. The summed E-state index contributed by atoms with van der Waals surface area (Å²) >= 11 is 0. The first kappa shape index (κ1) is 21.6. The number of H-pyrrole nitrogens is 1. The highest BCUT2D eigenvalue weighted by molar-refractivity contribution is 5.96. The van der Waals surface area contributed by atoms with Gasteiger partial charge in [0.05, 0.1) is 28.8 Å². The highest BCUT2D eigenvalue weighted by Crippen LogP contribution is 2.44. The molecule has 0 saturated heterocycles. The number of hydrogen-bond acceptors (Lipinski definition) is 4. The number of pyridine rings is 1. The van der Waals surface area contributed by atoms with E-state index in [1.807, 2.05) is 45.2 Å². The van der Waals surface area contributed by atoms with Crippen LogP contribution in [0.5, 0.6) is 0 Å². The molecule has 5 rings (SSSR count). The molecule has 2 atom stereocenters. The van der Waals surface area contributed by atoms with E-state index in [4.69, 9.17) is 0 Å². The monoisotopic (exact) mass is 448 g/mol. The molecule has 0 radical (unpaired) electrons. The third kappa shape index (κ3) is 3.57. The summed E-state index contributed by atoms with van der Waals surface area (Å²) in [5.74, 6) is -1.34. The van der Waals surface area contributed by atoms with E-state index >= 15 is 8.78 Å². The third-order valence-corrected chi connectivity index (χ3v) is 6.55. The van der Waals surface area contributed by atoms with Crippen LogP contribution < -0.4 is 10.6 Å². The summed E-state index contributed by atoms with van der Waals surface area (Å²) in [5, 5.41) is 18.5. The molecular weight excluding hydrogens is 422 g/mol. The van der Waals surface area contributed by atoms with Crippen LogP contribution in [-0.4, -0.2) is 26.7 Å². The molecule has 4 N–H and O–H groups in total. The minimum atomic E-state index is -0.955. The average molecular weight is 449 g/mol. The van der Waals surface area contributed by atoms with Crippen molar-refractivity contribution in [3.05, 3.63) is 83.3 Å². The summed E-state index contributed by atoms with van der Waals surface area (Å²) in [6, 6.07) is 9.73. The molecule has 33 heavy (non-hydrogen) atoms. The minimum Gasteiger partial charge on any atom is -0.389 e. The Morgan fingerprint density at radius 1 is 1.15 bits per heavy atom. The Morgan fingerprint density at radius 2 is 1.91 bits per heavy atom. The van der Waals surface area contributed by atoms with Crippen molar-refractivity contribution in [1.82, 2.24) is 15.3 Å². The summed E-state index contributed by atoms with van der Waals surface area (Å²) in [6.45, 7) is 5.97. The molecule has 4 aromatic rings. The van der Waals surface area contributed by atoms with Crippen molar-refractivity contribution < 1.29 is 13.9 Å². The number of fused-ring (bicyclic) bond motifs is 2. The van der Waals surface area contributed by atoms with Gasteiger partial charge in [-0.1, -0.05) is 18.2 Å². The molecule has 5 nitrogen and oxygen atoms in total. The van der Waals surface area contributed by atoms with E-state index < -0.39 is 29.3 Å². The lowest BCUT2D eigenvalue weighted by Gasteiger charge is -2.44. The highest BCUT2D eigenvalue weighted by atomic mass is 19.1. The van der Waals surface area contributed by atoms with Gasteiger partial charge in [0, 0.05) is 47.3 Å². The largest absolute Gasteiger partial charge is 0.389 e. The molecule has 0 spiro atoms. The molecule has 0 saturated carbocycles. The van der Waals surface area contributed by atoms with Gasteiger partial charge in [-0.15, -0.1) is 0 Å². The van der Waals surface area contributed by atoms with Crippen molar-refractivity contribution in [3.63, 3.8) is 0 Å². The first-order chi connectivity index (χ1) is 15.8. The van der Waals surface area contributed by atoms with Gasteiger partial charge in [0.15, 0.2) is 0 Å². The number of aliphatic hydroxyl groups is 1. The van der Waals surface area contributed by atoms with Crippen LogP contribution in [0.15, 0.2) is 55.0 Å². The molecule has 0 bridgehead atoms. The van der Waals surface area contributed by atoms with Gasteiger partial charge >= 0.3 is 0 Å². The van der Waals surface area contributed by atoms with E-state index in [2.05, 4.69) is 20.6 Å². The summed E-state index contributed by atoms with van der Waals surface area (Å²) < 4.78 is 31.6. The van der Waals surface area contributed by atoms with Crippen LogP contribution in [0.25, 0.3) is 22.0 Å². The number of aromatic nitrogens is 2. The molecule has 0 aliphatic carbocycles. The van der Waals surface area contributed by atoms with Crippen LogP contribution in [0.3, 0.4) is 0 Å². The molecule has 2 aromatic carbocycles. The molecule has 170 valence electrons. The van der Waals surface area contributed by atoms with Crippen LogP contribution in [-0.2, 0) is 6.54 Å². The molecule has 3 heterocycles. The zero-order chi connectivity index (χ0) is 23.3. The summed E-state index contributed by atoms with van der Waals surface area (Å²) in [6.07, 6.45) is 4.24. The topological polar surface area (TPSA) is 73.0 Å². The third-order valence-electron chi connectivity index (χ3n) is 6.55. The number of rotatable bonds is 4. The van der Waals surface area contributed by atoms with Crippen LogP contribution in [0.1, 0.15) is 36.6 Å². The second-order valence-corrected chi connectivity index (χ2v) is 9.21. The zero-order valence-electron chi connectivity index (χ0n) is 18.7. The number of halogens is 2. The Bertz CT molecular complexity index is 1330. The van der Waals surface area contributed by atoms with E-state index in [0.717, 1.165) is 16.5 Å². The second-order valence-electron chi connectivity index (χ2n) is 9.21. The minimum absolute atomic E-state index is 0.106. The Hall–Kier alpha value is -3.29. The molecular formula is C26H26F2N4O. The van der Waals surface area contributed by atoms with Gasteiger partial charge < -0.3 is 20.7 Å². The molecule has 2 aromatic heterocycles. The lowest BCUT2D eigenvalue weighted by molar-refractivity contribution is 0.0663. The fourth-order valence-electron chi connectivity index (χ4n) is 4.73. The number of benzene rings is 2. The number of para-hydroxylation sites is 1. The van der Waals surface area contributed by atoms with E-state index in [1.165, 1.54) is 6.07 Å². The van der Waals surface area contributed by atoms with E-state index in [0.29, 0.717) is 23.3 Å². The summed E-state index contributed by atoms with van der Waals surface area (Å²) in [4.78, 5) is 7.17. The van der Waals surface area contributed by atoms with Crippen LogP contribution in [0.2, 0.25) is 0 Å². The second kappa shape index (κ2) is 7.93. The van der Waals surface area contributed by atoms with Gasteiger partial charge in [-0.2, -0.15) is 0 Å². The number of aryl methyl sites for hydroxylation is 1. The first-order valence-electron chi connectivity index (χ1n) is 11.0. The van der Waals surface area contributed by atoms with E-state index in [-0.39, 0.29) is 11.1 Å². The predicted octanol–water partition coefficient (Wildman–Crippen LogP) is 5.21. The summed E-state index contributed by atoms with van der Waals surface area (Å²) in [5.41, 5.74) is 2.75. The lowest BCUT2D eigenvalue weighted by Crippen LogP contribution is -2.54. The van der Waals surface area contributed by atoms with Crippen LogP contribution in [0, 0.1) is 18.6 Å². The van der Waals surface area contributed by atoms with Crippen molar-refractivity contribution in [3.8, 4) is 11.1 Å². The molecule has 0 amide bonds. The highest BCUT2D eigenvalue weighted by Gasteiger charge is 2.43. The maximum atomic E-state index is 16.2. The van der Waals surface area contributed by atoms with Gasteiger partial charge in [0.1, 0.15) is 11.6 Å². The molecule has 1 aliphatic rings. The summed E-state index contributed by atoms with van der Waals surface area (Å²) in [7, 11) is 0. The molecule has 7 heteroatoms. The predicted molar refractivity (Wildman–Crippen MR) is 126 cm³/mol.